The van der Waals surface area contributed by atoms with E-state index in [2.05, 4.69) is 10.9 Å². The summed E-state index contributed by atoms with van der Waals surface area (Å²) >= 11 is 5.81. The average Bonchev–Trinajstić information content (AvgIpc) is 2.52. The number of benzene rings is 2. The Kier molecular flexibility index (Phi) is 6.00. The molecule has 5 nitrogen and oxygen atoms in total. The smallest absolute Gasteiger partial charge is 0.269 e. The van der Waals surface area contributed by atoms with E-state index in [1.165, 1.54) is 6.07 Å². The van der Waals surface area contributed by atoms with Gasteiger partial charge in [0, 0.05) is 10.6 Å². The fourth-order valence-electron chi connectivity index (χ4n) is 1.86. The Balaban J connectivity index is 1.72. The maximum atomic E-state index is 11.8. The minimum absolute atomic E-state index is 0.129. The summed E-state index contributed by atoms with van der Waals surface area (Å²) in [7, 11) is 0. The van der Waals surface area contributed by atoms with E-state index < -0.39 is 5.91 Å². The summed E-state index contributed by atoms with van der Waals surface area (Å²) in [6.07, 6.45) is 0.129. The molecule has 0 aliphatic rings. The molecule has 0 saturated heterocycles. The zero-order chi connectivity index (χ0) is 16.7. The molecule has 0 radical (unpaired) electrons. The molecule has 120 valence electrons. The Morgan fingerprint density at radius 2 is 1.87 bits per heavy atom. The highest BCUT2D eigenvalue weighted by Crippen LogP contribution is 2.12. The van der Waals surface area contributed by atoms with Gasteiger partial charge in [-0.2, -0.15) is 0 Å². The molecule has 0 heterocycles. The minimum atomic E-state index is -0.430. The van der Waals surface area contributed by atoms with Crippen LogP contribution in [0.5, 0.6) is 5.75 Å². The SMILES string of the molecule is Cc1cccc(OCCC(=O)NNC(=O)c2cccc(Cl)c2)c1. The number of carbonyl (C=O) groups excluding carboxylic acids is 2. The Morgan fingerprint density at radius 1 is 1.09 bits per heavy atom. The van der Waals surface area contributed by atoms with Gasteiger partial charge in [-0.15, -0.1) is 0 Å². The number of hydrazine groups is 1. The van der Waals surface area contributed by atoms with Gasteiger partial charge in [-0.25, -0.2) is 0 Å². The highest BCUT2D eigenvalue weighted by Gasteiger charge is 2.08. The fourth-order valence-corrected chi connectivity index (χ4v) is 2.05. The van der Waals surface area contributed by atoms with Gasteiger partial charge in [0.25, 0.3) is 5.91 Å². The number of amides is 2. The predicted octanol–water partition coefficient (Wildman–Crippen LogP) is 2.88. The van der Waals surface area contributed by atoms with Crippen molar-refractivity contribution >= 4 is 23.4 Å². The molecule has 2 N–H and O–H groups in total. The van der Waals surface area contributed by atoms with Gasteiger partial charge in [-0.3, -0.25) is 20.4 Å². The van der Waals surface area contributed by atoms with Crippen LogP contribution in [0.4, 0.5) is 0 Å². The number of ether oxygens (including phenoxy) is 1. The third-order valence-electron chi connectivity index (χ3n) is 2.99. The number of hydrogen-bond donors (Lipinski definition) is 2. The molecule has 2 aromatic rings. The third-order valence-corrected chi connectivity index (χ3v) is 3.22. The van der Waals surface area contributed by atoms with Crippen LogP contribution >= 0.6 is 11.6 Å². The number of hydrogen-bond acceptors (Lipinski definition) is 3. The molecule has 6 heteroatoms. The van der Waals surface area contributed by atoms with Crippen molar-refractivity contribution in [2.45, 2.75) is 13.3 Å². The van der Waals surface area contributed by atoms with Crippen LogP contribution in [0, 0.1) is 6.92 Å². The van der Waals surface area contributed by atoms with Crippen LogP contribution in [-0.2, 0) is 4.79 Å². The second kappa shape index (κ2) is 8.19. The molecule has 0 atom stereocenters. The van der Waals surface area contributed by atoms with E-state index in [4.69, 9.17) is 16.3 Å². The van der Waals surface area contributed by atoms with Crippen molar-refractivity contribution in [2.24, 2.45) is 0 Å². The highest BCUT2D eigenvalue weighted by atomic mass is 35.5. The maximum absolute atomic E-state index is 11.8. The van der Waals surface area contributed by atoms with E-state index in [0.29, 0.717) is 16.3 Å². The van der Waals surface area contributed by atoms with Gasteiger partial charge >= 0.3 is 0 Å². The van der Waals surface area contributed by atoms with Crippen molar-refractivity contribution in [1.82, 2.24) is 10.9 Å². The standard InChI is InChI=1S/C17H17ClN2O3/c1-12-4-2-7-15(10-12)23-9-8-16(21)19-20-17(22)13-5-3-6-14(18)11-13/h2-7,10-11H,8-9H2,1H3,(H,19,21)(H,20,22). The van der Waals surface area contributed by atoms with Gasteiger partial charge in [0.1, 0.15) is 5.75 Å². The molecule has 2 rings (SSSR count). The topological polar surface area (TPSA) is 67.4 Å². The third kappa shape index (κ3) is 5.64. The number of halogens is 1. The summed E-state index contributed by atoms with van der Waals surface area (Å²) in [6, 6.07) is 14.0. The lowest BCUT2D eigenvalue weighted by atomic mass is 10.2. The molecule has 0 unspecified atom stereocenters. The number of nitrogens with one attached hydrogen (secondary N) is 2. The Labute approximate surface area is 139 Å². The first-order chi connectivity index (χ1) is 11.0. The molecular weight excluding hydrogens is 316 g/mol. The lowest BCUT2D eigenvalue weighted by Crippen LogP contribution is -2.42. The summed E-state index contributed by atoms with van der Waals surface area (Å²) in [5.41, 5.74) is 6.12. The van der Waals surface area contributed by atoms with Crippen molar-refractivity contribution < 1.29 is 14.3 Å². The largest absolute Gasteiger partial charge is 0.493 e. The zero-order valence-corrected chi connectivity index (χ0v) is 13.4. The highest BCUT2D eigenvalue weighted by molar-refractivity contribution is 6.30. The number of rotatable bonds is 5. The predicted molar refractivity (Wildman–Crippen MR) is 88.4 cm³/mol. The van der Waals surface area contributed by atoms with E-state index in [1.54, 1.807) is 18.2 Å². The van der Waals surface area contributed by atoms with Crippen LogP contribution in [0.25, 0.3) is 0 Å². The van der Waals surface area contributed by atoms with E-state index in [1.807, 2.05) is 31.2 Å². The Morgan fingerprint density at radius 3 is 2.61 bits per heavy atom. The quantitative estimate of drug-likeness (QED) is 0.827. The second-order valence-corrected chi connectivity index (χ2v) is 5.36. The Hall–Kier alpha value is -2.53. The van der Waals surface area contributed by atoms with Crippen LogP contribution in [0.1, 0.15) is 22.3 Å². The van der Waals surface area contributed by atoms with Gasteiger partial charge in [0.2, 0.25) is 5.91 Å². The number of aryl methyl sites for hydroxylation is 1. The van der Waals surface area contributed by atoms with E-state index in [-0.39, 0.29) is 18.9 Å². The van der Waals surface area contributed by atoms with Crippen LogP contribution in [0.15, 0.2) is 48.5 Å². The van der Waals surface area contributed by atoms with E-state index >= 15 is 0 Å². The summed E-state index contributed by atoms with van der Waals surface area (Å²) in [6.45, 7) is 2.19. The first-order valence-corrected chi connectivity index (χ1v) is 7.46. The lowest BCUT2D eigenvalue weighted by Gasteiger charge is -2.09. The van der Waals surface area contributed by atoms with Crippen molar-refractivity contribution in [3.8, 4) is 5.75 Å². The summed E-state index contributed by atoms with van der Waals surface area (Å²) in [5, 5.41) is 0.454. The summed E-state index contributed by atoms with van der Waals surface area (Å²) in [5.74, 6) is -0.0609. The molecule has 0 saturated carbocycles. The van der Waals surface area contributed by atoms with E-state index in [9.17, 15) is 9.59 Å². The first-order valence-electron chi connectivity index (χ1n) is 7.09. The van der Waals surface area contributed by atoms with E-state index in [0.717, 1.165) is 5.56 Å². The van der Waals surface area contributed by atoms with Crippen molar-refractivity contribution in [2.75, 3.05) is 6.61 Å². The van der Waals surface area contributed by atoms with Crippen LogP contribution < -0.4 is 15.6 Å². The molecule has 0 fully saturated rings. The zero-order valence-electron chi connectivity index (χ0n) is 12.6. The van der Waals surface area contributed by atoms with Crippen molar-refractivity contribution in [3.63, 3.8) is 0 Å². The molecular formula is C17H17ClN2O3. The fraction of sp³-hybridized carbons (Fsp3) is 0.176. The lowest BCUT2D eigenvalue weighted by molar-refractivity contribution is -0.122. The van der Waals surface area contributed by atoms with Gasteiger partial charge in [0.05, 0.1) is 13.0 Å². The Bertz CT molecular complexity index is 704. The maximum Gasteiger partial charge on any atom is 0.269 e. The normalized spacial score (nSPS) is 10.0. The van der Waals surface area contributed by atoms with Crippen LogP contribution in [0.3, 0.4) is 0 Å². The monoisotopic (exact) mass is 332 g/mol. The molecule has 2 aromatic carbocycles. The van der Waals surface area contributed by atoms with Crippen molar-refractivity contribution in [1.29, 1.82) is 0 Å². The van der Waals surface area contributed by atoms with Gasteiger partial charge < -0.3 is 4.74 Å². The van der Waals surface area contributed by atoms with Crippen molar-refractivity contribution in [3.05, 3.63) is 64.7 Å². The van der Waals surface area contributed by atoms with Gasteiger partial charge in [-0.1, -0.05) is 29.8 Å². The molecule has 0 spiro atoms. The molecule has 0 aliphatic carbocycles. The first kappa shape index (κ1) is 16.8. The molecule has 0 aliphatic heterocycles. The summed E-state index contributed by atoms with van der Waals surface area (Å²) < 4.78 is 5.47. The summed E-state index contributed by atoms with van der Waals surface area (Å²) in [4.78, 5) is 23.5. The molecule has 23 heavy (non-hydrogen) atoms. The van der Waals surface area contributed by atoms with Crippen LogP contribution in [-0.4, -0.2) is 18.4 Å². The molecule has 2 amide bonds. The van der Waals surface area contributed by atoms with Gasteiger partial charge in [0.15, 0.2) is 0 Å². The number of carbonyl (C=O) groups is 2. The average molecular weight is 333 g/mol. The molecule has 0 bridgehead atoms. The van der Waals surface area contributed by atoms with Crippen LogP contribution in [0.2, 0.25) is 5.02 Å². The second-order valence-electron chi connectivity index (χ2n) is 4.93. The molecule has 0 aromatic heterocycles. The van der Waals surface area contributed by atoms with Gasteiger partial charge in [-0.05, 0) is 42.8 Å². The minimum Gasteiger partial charge on any atom is -0.493 e.